The smallest absolute Gasteiger partial charge is 0.270 e. The number of nitrogens with zero attached hydrogens (tertiary/aromatic N) is 1. The molecular weight excluding hydrogens is 338 g/mol. The minimum atomic E-state index is 0.0134. The molecule has 3 rings (SSSR count). The number of carbonyl (C=O) groups excluding carboxylic acids is 2. The third-order valence-corrected chi connectivity index (χ3v) is 5.42. The fourth-order valence-corrected chi connectivity index (χ4v) is 3.84. The predicted octanol–water partition coefficient (Wildman–Crippen LogP) is 3.75. The SMILES string of the molecule is Cc1cc(C)c(C(=O)N2CCC(CC(=O)NC(C)c3ccccc3)CC2)[nH]1. The highest BCUT2D eigenvalue weighted by molar-refractivity contribution is 5.94. The van der Waals surface area contributed by atoms with Crippen molar-refractivity contribution in [3.05, 3.63) is 58.9 Å². The molecule has 1 aliphatic rings. The molecule has 0 spiro atoms. The fraction of sp³-hybridized carbons (Fsp3) is 0.455. The molecule has 144 valence electrons. The van der Waals surface area contributed by atoms with E-state index in [4.69, 9.17) is 0 Å². The zero-order chi connectivity index (χ0) is 19.4. The number of nitrogens with one attached hydrogen (secondary N) is 2. The molecule has 2 aromatic rings. The van der Waals surface area contributed by atoms with E-state index in [2.05, 4.69) is 10.3 Å². The van der Waals surface area contributed by atoms with Gasteiger partial charge in [0.05, 0.1) is 6.04 Å². The summed E-state index contributed by atoms with van der Waals surface area (Å²) >= 11 is 0. The van der Waals surface area contributed by atoms with Crippen LogP contribution in [0.3, 0.4) is 0 Å². The number of aryl methyl sites for hydroxylation is 2. The van der Waals surface area contributed by atoms with E-state index in [0.717, 1.165) is 29.7 Å². The number of aromatic amines is 1. The Morgan fingerprint density at radius 2 is 1.85 bits per heavy atom. The van der Waals surface area contributed by atoms with Crippen molar-refractivity contribution in [3.63, 3.8) is 0 Å². The Labute approximate surface area is 161 Å². The number of hydrogen-bond donors (Lipinski definition) is 2. The molecule has 1 unspecified atom stereocenters. The topological polar surface area (TPSA) is 65.2 Å². The first kappa shape index (κ1) is 19.2. The number of benzene rings is 1. The van der Waals surface area contributed by atoms with Crippen LogP contribution < -0.4 is 5.32 Å². The zero-order valence-corrected chi connectivity index (χ0v) is 16.4. The highest BCUT2D eigenvalue weighted by Crippen LogP contribution is 2.23. The molecule has 1 fully saturated rings. The van der Waals surface area contributed by atoms with Gasteiger partial charge in [0, 0.05) is 25.2 Å². The summed E-state index contributed by atoms with van der Waals surface area (Å²) in [6, 6.07) is 12.0. The Bertz CT molecular complexity index is 789. The third kappa shape index (κ3) is 4.79. The van der Waals surface area contributed by atoms with E-state index in [-0.39, 0.29) is 17.9 Å². The van der Waals surface area contributed by atoms with E-state index in [0.29, 0.717) is 31.1 Å². The second kappa shape index (κ2) is 8.42. The lowest BCUT2D eigenvalue weighted by molar-refractivity contribution is -0.122. The van der Waals surface area contributed by atoms with Gasteiger partial charge in [-0.1, -0.05) is 30.3 Å². The van der Waals surface area contributed by atoms with Crippen LogP contribution in [0.15, 0.2) is 36.4 Å². The Morgan fingerprint density at radius 3 is 2.44 bits per heavy atom. The largest absolute Gasteiger partial charge is 0.354 e. The summed E-state index contributed by atoms with van der Waals surface area (Å²) in [6.07, 6.45) is 2.27. The third-order valence-electron chi connectivity index (χ3n) is 5.42. The number of hydrogen-bond acceptors (Lipinski definition) is 2. The summed E-state index contributed by atoms with van der Waals surface area (Å²) in [5.41, 5.74) is 3.81. The van der Waals surface area contributed by atoms with Crippen LogP contribution in [-0.2, 0) is 4.79 Å². The van der Waals surface area contributed by atoms with Crippen molar-refractivity contribution >= 4 is 11.8 Å². The highest BCUT2D eigenvalue weighted by atomic mass is 16.2. The highest BCUT2D eigenvalue weighted by Gasteiger charge is 2.26. The summed E-state index contributed by atoms with van der Waals surface area (Å²) in [7, 11) is 0. The number of aromatic nitrogens is 1. The van der Waals surface area contributed by atoms with Gasteiger partial charge in [0.15, 0.2) is 0 Å². The molecule has 0 saturated carbocycles. The molecule has 2 amide bonds. The van der Waals surface area contributed by atoms with Gasteiger partial charge < -0.3 is 15.2 Å². The maximum absolute atomic E-state index is 12.7. The second-order valence-corrected chi connectivity index (χ2v) is 7.65. The molecule has 27 heavy (non-hydrogen) atoms. The summed E-state index contributed by atoms with van der Waals surface area (Å²) in [5.74, 6) is 0.497. The Balaban J connectivity index is 1.47. The van der Waals surface area contributed by atoms with Crippen molar-refractivity contribution in [2.45, 2.75) is 46.1 Å². The van der Waals surface area contributed by atoms with E-state index < -0.39 is 0 Å². The molecule has 1 saturated heterocycles. The molecule has 0 radical (unpaired) electrons. The van der Waals surface area contributed by atoms with Crippen LogP contribution in [0.2, 0.25) is 0 Å². The molecule has 2 heterocycles. The van der Waals surface area contributed by atoms with Crippen molar-refractivity contribution in [1.29, 1.82) is 0 Å². The fourth-order valence-electron chi connectivity index (χ4n) is 3.84. The van der Waals surface area contributed by atoms with Crippen LogP contribution in [0, 0.1) is 19.8 Å². The first-order chi connectivity index (χ1) is 12.9. The molecule has 5 heteroatoms. The van der Waals surface area contributed by atoms with Crippen molar-refractivity contribution < 1.29 is 9.59 Å². The van der Waals surface area contributed by atoms with E-state index in [9.17, 15) is 9.59 Å². The minimum Gasteiger partial charge on any atom is -0.354 e. The van der Waals surface area contributed by atoms with Gasteiger partial charge in [-0.15, -0.1) is 0 Å². The van der Waals surface area contributed by atoms with Crippen LogP contribution in [-0.4, -0.2) is 34.8 Å². The number of piperidine rings is 1. The molecular formula is C22H29N3O2. The van der Waals surface area contributed by atoms with Crippen LogP contribution in [0.25, 0.3) is 0 Å². The van der Waals surface area contributed by atoms with Crippen LogP contribution in [0.5, 0.6) is 0 Å². The summed E-state index contributed by atoms with van der Waals surface area (Å²) in [6.45, 7) is 7.35. The maximum atomic E-state index is 12.7. The van der Waals surface area contributed by atoms with Gasteiger partial charge in [-0.3, -0.25) is 9.59 Å². The van der Waals surface area contributed by atoms with Crippen molar-refractivity contribution in [2.75, 3.05) is 13.1 Å². The molecule has 2 N–H and O–H groups in total. The summed E-state index contributed by atoms with van der Waals surface area (Å²) in [5, 5.41) is 3.09. The number of carbonyl (C=O) groups is 2. The lowest BCUT2D eigenvalue weighted by atomic mass is 9.92. The first-order valence-electron chi connectivity index (χ1n) is 9.74. The van der Waals surface area contributed by atoms with E-state index in [1.54, 1.807) is 0 Å². The van der Waals surface area contributed by atoms with Gasteiger partial charge >= 0.3 is 0 Å². The van der Waals surface area contributed by atoms with Gasteiger partial charge in [0.1, 0.15) is 5.69 Å². The van der Waals surface area contributed by atoms with Crippen LogP contribution in [0.4, 0.5) is 0 Å². The van der Waals surface area contributed by atoms with Crippen LogP contribution >= 0.6 is 0 Å². The van der Waals surface area contributed by atoms with Gasteiger partial charge in [-0.05, 0) is 56.7 Å². The average molecular weight is 367 g/mol. The Kier molecular flexibility index (Phi) is 5.99. The maximum Gasteiger partial charge on any atom is 0.270 e. The van der Waals surface area contributed by atoms with Gasteiger partial charge in [-0.2, -0.15) is 0 Å². The lowest BCUT2D eigenvalue weighted by Crippen LogP contribution is -2.40. The number of rotatable bonds is 5. The molecule has 0 bridgehead atoms. The van der Waals surface area contributed by atoms with Gasteiger partial charge in [0.2, 0.25) is 5.91 Å². The number of amides is 2. The van der Waals surface area contributed by atoms with E-state index >= 15 is 0 Å². The zero-order valence-electron chi connectivity index (χ0n) is 16.4. The molecule has 1 atom stereocenters. The van der Waals surface area contributed by atoms with Crippen molar-refractivity contribution in [3.8, 4) is 0 Å². The van der Waals surface area contributed by atoms with E-state index in [1.165, 1.54) is 0 Å². The number of likely N-dealkylation sites (tertiary alicyclic amines) is 1. The average Bonchev–Trinajstić information content (AvgIpc) is 3.00. The van der Waals surface area contributed by atoms with Gasteiger partial charge in [-0.25, -0.2) is 0 Å². The standard InChI is InChI=1S/C22H29N3O2/c1-15-13-16(2)23-21(15)22(27)25-11-9-18(10-12-25)14-20(26)24-17(3)19-7-5-4-6-8-19/h4-8,13,17-18,23H,9-12,14H2,1-3H3,(H,24,26). The molecule has 1 aliphatic heterocycles. The first-order valence-corrected chi connectivity index (χ1v) is 9.74. The van der Waals surface area contributed by atoms with Crippen LogP contribution in [0.1, 0.15) is 59.5 Å². The van der Waals surface area contributed by atoms with Crippen molar-refractivity contribution in [1.82, 2.24) is 15.2 Å². The normalized spacial score (nSPS) is 16.2. The Morgan fingerprint density at radius 1 is 1.19 bits per heavy atom. The Hall–Kier alpha value is -2.56. The van der Waals surface area contributed by atoms with E-state index in [1.807, 2.05) is 62.1 Å². The quantitative estimate of drug-likeness (QED) is 0.845. The monoisotopic (exact) mass is 367 g/mol. The summed E-state index contributed by atoms with van der Waals surface area (Å²) in [4.78, 5) is 30.1. The number of H-pyrrole nitrogens is 1. The second-order valence-electron chi connectivity index (χ2n) is 7.65. The molecule has 0 aliphatic carbocycles. The van der Waals surface area contributed by atoms with Crippen molar-refractivity contribution in [2.24, 2.45) is 5.92 Å². The summed E-state index contributed by atoms with van der Waals surface area (Å²) < 4.78 is 0. The molecule has 1 aromatic heterocycles. The van der Waals surface area contributed by atoms with Gasteiger partial charge in [0.25, 0.3) is 5.91 Å². The minimum absolute atomic E-state index is 0.0134. The predicted molar refractivity (Wildman–Crippen MR) is 107 cm³/mol. The molecule has 5 nitrogen and oxygen atoms in total. The molecule has 1 aromatic carbocycles. The lowest BCUT2D eigenvalue weighted by Gasteiger charge is -2.32.